The quantitative estimate of drug-likeness (QED) is 0.744. The average molecular weight is 303 g/mol. The molecule has 6 heteroatoms. The van der Waals surface area contributed by atoms with Crippen LogP contribution in [-0.4, -0.2) is 12.1 Å². The Balaban J connectivity index is 3.24. The lowest BCUT2D eigenvalue weighted by Crippen LogP contribution is -2.09. The van der Waals surface area contributed by atoms with Gasteiger partial charge >= 0.3 is 6.18 Å². The molecule has 0 unspecified atom stereocenters. The van der Waals surface area contributed by atoms with E-state index in [0.717, 1.165) is 12.3 Å². The Hall–Kier alpha value is -0.530. The second-order valence-corrected chi connectivity index (χ2v) is 3.26. The molecule has 0 amide bonds. The lowest BCUT2D eigenvalue weighted by molar-refractivity contribution is -0.138. The number of hydrogen-bond donors (Lipinski definition) is 0. The standard InChI is InChI=1S/C7H5F3INO/c1-13-6-5(11)4(2-3-12-6)7(8,9)10/h2-3H,1H3. The minimum absolute atomic E-state index is 0.00424. The van der Waals surface area contributed by atoms with Crippen molar-refractivity contribution < 1.29 is 17.9 Å². The first-order valence-electron chi connectivity index (χ1n) is 3.22. The van der Waals surface area contributed by atoms with Crippen molar-refractivity contribution in [3.8, 4) is 5.88 Å². The van der Waals surface area contributed by atoms with Crippen LogP contribution in [0.1, 0.15) is 5.56 Å². The summed E-state index contributed by atoms with van der Waals surface area (Å²) >= 11 is 1.56. The molecule has 0 bridgehead atoms. The topological polar surface area (TPSA) is 22.1 Å². The zero-order valence-corrected chi connectivity index (χ0v) is 8.68. The van der Waals surface area contributed by atoms with E-state index in [-0.39, 0.29) is 9.45 Å². The predicted molar refractivity (Wildman–Crippen MR) is 48.5 cm³/mol. The molecule has 0 N–H and O–H groups in total. The number of alkyl halides is 3. The fourth-order valence-corrected chi connectivity index (χ4v) is 1.63. The molecule has 1 aromatic rings. The maximum Gasteiger partial charge on any atom is 0.417 e. The zero-order valence-electron chi connectivity index (χ0n) is 6.52. The van der Waals surface area contributed by atoms with E-state index in [1.807, 2.05) is 0 Å². The second-order valence-electron chi connectivity index (χ2n) is 2.18. The van der Waals surface area contributed by atoms with Crippen LogP contribution in [0.15, 0.2) is 12.3 Å². The molecule has 1 aromatic heterocycles. The van der Waals surface area contributed by atoms with Gasteiger partial charge in [-0.3, -0.25) is 0 Å². The Kier molecular flexibility index (Phi) is 2.99. The smallest absolute Gasteiger partial charge is 0.417 e. The van der Waals surface area contributed by atoms with Crippen molar-refractivity contribution in [2.75, 3.05) is 7.11 Å². The Labute approximate surface area is 86.3 Å². The molecule has 0 atom stereocenters. The van der Waals surface area contributed by atoms with Crippen LogP contribution in [0.25, 0.3) is 0 Å². The van der Waals surface area contributed by atoms with Gasteiger partial charge in [0.1, 0.15) is 0 Å². The van der Waals surface area contributed by atoms with E-state index in [4.69, 9.17) is 0 Å². The zero-order chi connectivity index (χ0) is 10.1. The summed E-state index contributed by atoms with van der Waals surface area (Å²) in [6, 6.07) is 0.921. The fourth-order valence-electron chi connectivity index (χ4n) is 0.786. The summed E-state index contributed by atoms with van der Waals surface area (Å²) < 4.78 is 41.5. The van der Waals surface area contributed by atoms with Gasteiger partial charge in [0.2, 0.25) is 5.88 Å². The molecule has 0 aliphatic heterocycles. The van der Waals surface area contributed by atoms with E-state index in [0.29, 0.717) is 0 Å². The molecular formula is C7H5F3INO. The number of hydrogen-bond acceptors (Lipinski definition) is 2. The molecule has 0 aromatic carbocycles. The van der Waals surface area contributed by atoms with Gasteiger partial charge in [-0.1, -0.05) is 0 Å². The van der Waals surface area contributed by atoms with E-state index in [9.17, 15) is 13.2 Å². The first kappa shape index (κ1) is 10.6. The van der Waals surface area contributed by atoms with Gasteiger partial charge in [0, 0.05) is 6.20 Å². The van der Waals surface area contributed by atoms with Gasteiger partial charge in [-0.05, 0) is 28.7 Å². The SMILES string of the molecule is COc1nccc(C(F)(F)F)c1I. The summed E-state index contributed by atoms with van der Waals surface area (Å²) in [5.74, 6) is -0.00424. The van der Waals surface area contributed by atoms with Crippen LogP contribution >= 0.6 is 22.6 Å². The largest absolute Gasteiger partial charge is 0.480 e. The van der Waals surface area contributed by atoms with E-state index in [1.54, 1.807) is 22.6 Å². The number of methoxy groups -OCH3 is 1. The maximum atomic E-state index is 12.3. The lowest BCUT2D eigenvalue weighted by atomic mass is 10.2. The van der Waals surface area contributed by atoms with Crippen LogP contribution in [-0.2, 0) is 6.18 Å². The van der Waals surface area contributed by atoms with Crippen LogP contribution in [0, 0.1) is 3.57 Å². The molecule has 0 fully saturated rings. The Morgan fingerprint density at radius 2 is 2.08 bits per heavy atom. The summed E-state index contributed by atoms with van der Waals surface area (Å²) in [6.07, 6.45) is -3.28. The number of aromatic nitrogens is 1. The fraction of sp³-hybridized carbons (Fsp3) is 0.286. The predicted octanol–water partition coefficient (Wildman–Crippen LogP) is 2.71. The van der Waals surface area contributed by atoms with Crippen molar-refractivity contribution >= 4 is 22.6 Å². The highest BCUT2D eigenvalue weighted by Crippen LogP contribution is 2.35. The van der Waals surface area contributed by atoms with Crippen molar-refractivity contribution in [1.29, 1.82) is 0 Å². The van der Waals surface area contributed by atoms with Crippen LogP contribution < -0.4 is 4.74 Å². The molecule has 2 nitrogen and oxygen atoms in total. The minimum atomic E-state index is -4.35. The molecule has 0 saturated heterocycles. The first-order valence-corrected chi connectivity index (χ1v) is 4.30. The third kappa shape index (κ3) is 2.23. The molecule has 0 radical (unpaired) electrons. The number of pyridine rings is 1. The number of nitrogens with zero attached hydrogens (tertiary/aromatic N) is 1. The third-order valence-electron chi connectivity index (χ3n) is 1.36. The molecule has 0 aliphatic carbocycles. The van der Waals surface area contributed by atoms with Crippen molar-refractivity contribution in [2.24, 2.45) is 0 Å². The Bertz CT molecular complexity index is 313. The highest BCUT2D eigenvalue weighted by Gasteiger charge is 2.34. The maximum absolute atomic E-state index is 12.3. The summed E-state index contributed by atoms with van der Waals surface area (Å²) in [5, 5.41) is 0. The summed E-state index contributed by atoms with van der Waals surface area (Å²) in [5.41, 5.74) is -0.722. The van der Waals surface area contributed by atoms with Gasteiger partial charge in [0.05, 0.1) is 16.2 Å². The van der Waals surface area contributed by atoms with E-state index in [1.165, 1.54) is 7.11 Å². The molecular weight excluding hydrogens is 298 g/mol. The minimum Gasteiger partial charge on any atom is -0.480 e. The van der Waals surface area contributed by atoms with E-state index in [2.05, 4.69) is 9.72 Å². The van der Waals surface area contributed by atoms with Crippen LogP contribution in [0.4, 0.5) is 13.2 Å². The van der Waals surface area contributed by atoms with Crippen molar-refractivity contribution in [1.82, 2.24) is 4.98 Å². The summed E-state index contributed by atoms with van der Waals surface area (Å²) in [6.45, 7) is 0. The molecule has 1 heterocycles. The summed E-state index contributed by atoms with van der Waals surface area (Å²) in [4.78, 5) is 3.64. The molecule has 1 rings (SSSR count). The Morgan fingerprint density at radius 3 is 2.54 bits per heavy atom. The molecule has 72 valence electrons. The highest BCUT2D eigenvalue weighted by molar-refractivity contribution is 14.1. The average Bonchev–Trinajstić information content (AvgIpc) is 2.02. The van der Waals surface area contributed by atoms with Gasteiger partial charge in [0.15, 0.2) is 0 Å². The molecule has 0 saturated carbocycles. The van der Waals surface area contributed by atoms with Gasteiger partial charge in [-0.25, -0.2) is 4.98 Å². The van der Waals surface area contributed by atoms with Crippen molar-refractivity contribution in [3.63, 3.8) is 0 Å². The van der Waals surface area contributed by atoms with Crippen molar-refractivity contribution in [2.45, 2.75) is 6.18 Å². The highest BCUT2D eigenvalue weighted by atomic mass is 127. The molecule has 0 aliphatic rings. The normalized spacial score (nSPS) is 11.5. The van der Waals surface area contributed by atoms with Crippen LogP contribution in [0.5, 0.6) is 5.88 Å². The lowest BCUT2D eigenvalue weighted by Gasteiger charge is -2.10. The second kappa shape index (κ2) is 3.69. The molecule has 13 heavy (non-hydrogen) atoms. The van der Waals surface area contributed by atoms with Gasteiger partial charge in [0.25, 0.3) is 0 Å². The summed E-state index contributed by atoms with van der Waals surface area (Å²) in [7, 11) is 1.28. The number of ether oxygens (including phenoxy) is 1. The monoisotopic (exact) mass is 303 g/mol. The van der Waals surface area contributed by atoms with Gasteiger partial charge in [-0.15, -0.1) is 0 Å². The van der Waals surface area contributed by atoms with Gasteiger partial charge < -0.3 is 4.74 Å². The van der Waals surface area contributed by atoms with Crippen LogP contribution in [0.3, 0.4) is 0 Å². The van der Waals surface area contributed by atoms with E-state index >= 15 is 0 Å². The van der Waals surface area contributed by atoms with E-state index < -0.39 is 11.7 Å². The number of halogens is 4. The number of rotatable bonds is 1. The Morgan fingerprint density at radius 1 is 1.46 bits per heavy atom. The van der Waals surface area contributed by atoms with Gasteiger partial charge in [-0.2, -0.15) is 13.2 Å². The van der Waals surface area contributed by atoms with Crippen molar-refractivity contribution in [3.05, 3.63) is 21.4 Å². The van der Waals surface area contributed by atoms with Crippen LogP contribution in [0.2, 0.25) is 0 Å². The first-order chi connectivity index (χ1) is 5.96. The third-order valence-corrected chi connectivity index (χ3v) is 2.40. The molecule has 0 spiro atoms.